The van der Waals surface area contributed by atoms with Crippen molar-refractivity contribution in [3.8, 4) is 11.1 Å². The lowest BCUT2D eigenvalue weighted by Crippen LogP contribution is -2.56. The van der Waals surface area contributed by atoms with Crippen molar-refractivity contribution in [2.45, 2.75) is 44.1 Å². The maximum absolute atomic E-state index is 12.1. The minimum atomic E-state index is 0.103. The van der Waals surface area contributed by atoms with Gasteiger partial charge in [-0.1, -0.05) is 55.5 Å². The van der Waals surface area contributed by atoms with Crippen LogP contribution in [0.2, 0.25) is 0 Å². The van der Waals surface area contributed by atoms with Gasteiger partial charge in [0.1, 0.15) is 0 Å². The zero-order chi connectivity index (χ0) is 16.0. The number of nitrogens with zero attached hydrogens (tertiary/aromatic N) is 1. The van der Waals surface area contributed by atoms with Crippen LogP contribution in [0.5, 0.6) is 0 Å². The average molecular weight is 305 g/mol. The highest BCUT2D eigenvalue weighted by Crippen LogP contribution is 2.46. The summed E-state index contributed by atoms with van der Waals surface area (Å²) in [6.07, 6.45) is 3.78. The third-order valence-corrected chi connectivity index (χ3v) is 5.97. The molecule has 1 unspecified atom stereocenters. The van der Waals surface area contributed by atoms with Crippen molar-refractivity contribution in [3.05, 3.63) is 59.7 Å². The molecule has 23 heavy (non-hydrogen) atoms. The van der Waals surface area contributed by atoms with Gasteiger partial charge >= 0.3 is 0 Å². The van der Waals surface area contributed by atoms with E-state index >= 15 is 0 Å². The average Bonchev–Trinajstić information content (AvgIpc) is 2.59. The van der Waals surface area contributed by atoms with Crippen LogP contribution in [0.15, 0.2) is 48.5 Å². The van der Waals surface area contributed by atoms with Crippen LogP contribution in [0.4, 0.5) is 0 Å². The van der Waals surface area contributed by atoms with Crippen LogP contribution < -0.4 is 0 Å². The molecule has 0 aromatic heterocycles. The Hall–Kier alpha value is -2.09. The number of fused-ring (bicyclic) bond motifs is 3. The van der Waals surface area contributed by atoms with E-state index in [1.54, 1.807) is 0 Å². The first-order valence-corrected chi connectivity index (χ1v) is 8.54. The predicted molar refractivity (Wildman–Crippen MR) is 93.3 cm³/mol. The molecule has 0 bridgehead atoms. The fraction of sp³-hybridized carbons (Fsp3) is 0.381. The minimum Gasteiger partial charge on any atom is -0.342 e. The van der Waals surface area contributed by atoms with E-state index in [0.29, 0.717) is 18.4 Å². The van der Waals surface area contributed by atoms with Gasteiger partial charge in [0, 0.05) is 24.9 Å². The molecule has 1 heterocycles. The van der Waals surface area contributed by atoms with Gasteiger partial charge in [-0.2, -0.15) is 0 Å². The third kappa shape index (κ3) is 2.20. The van der Waals surface area contributed by atoms with E-state index in [1.165, 1.54) is 22.3 Å². The first kappa shape index (κ1) is 14.5. The molecule has 1 saturated heterocycles. The fourth-order valence-electron chi connectivity index (χ4n) is 4.60. The van der Waals surface area contributed by atoms with E-state index in [1.807, 2.05) is 11.9 Å². The molecule has 2 aromatic rings. The molecule has 118 valence electrons. The maximum atomic E-state index is 12.1. The van der Waals surface area contributed by atoms with Crippen LogP contribution in [0.1, 0.15) is 37.3 Å². The SMILES string of the molecule is CN1C(=O)CC[C@]2(C)c3ccc(-c4ccccc4)cc3CCC12. The van der Waals surface area contributed by atoms with Crippen molar-refractivity contribution >= 4 is 5.91 Å². The fourth-order valence-corrected chi connectivity index (χ4v) is 4.60. The second-order valence-corrected chi connectivity index (χ2v) is 7.21. The highest BCUT2D eigenvalue weighted by molar-refractivity contribution is 5.78. The molecule has 0 spiro atoms. The monoisotopic (exact) mass is 305 g/mol. The second-order valence-electron chi connectivity index (χ2n) is 7.21. The van der Waals surface area contributed by atoms with E-state index in [9.17, 15) is 4.79 Å². The van der Waals surface area contributed by atoms with Crippen molar-refractivity contribution in [3.63, 3.8) is 0 Å². The summed E-state index contributed by atoms with van der Waals surface area (Å²) < 4.78 is 0. The van der Waals surface area contributed by atoms with Crippen molar-refractivity contribution in [2.24, 2.45) is 0 Å². The van der Waals surface area contributed by atoms with E-state index in [-0.39, 0.29) is 5.41 Å². The topological polar surface area (TPSA) is 20.3 Å². The van der Waals surface area contributed by atoms with E-state index in [0.717, 1.165) is 19.3 Å². The smallest absolute Gasteiger partial charge is 0.222 e. The summed E-state index contributed by atoms with van der Waals surface area (Å²) in [5, 5.41) is 0. The molecule has 2 atom stereocenters. The number of likely N-dealkylation sites (N-methyl/N-ethyl adjacent to an activating group) is 1. The van der Waals surface area contributed by atoms with Crippen LogP contribution in [0, 0.1) is 0 Å². The van der Waals surface area contributed by atoms with E-state index < -0.39 is 0 Å². The van der Waals surface area contributed by atoms with Crippen molar-refractivity contribution in [1.82, 2.24) is 4.90 Å². The Bertz CT molecular complexity index is 752. The van der Waals surface area contributed by atoms with Gasteiger partial charge in [-0.3, -0.25) is 4.79 Å². The number of piperidine rings is 1. The predicted octanol–water partition coefficient (Wildman–Crippen LogP) is 4.18. The second kappa shape index (κ2) is 5.23. The maximum Gasteiger partial charge on any atom is 0.222 e. The van der Waals surface area contributed by atoms with Gasteiger partial charge in [-0.15, -0.1) is 0 Å². The van der Waals surface area contributed by atoms with Crippen LogP contribution in [-0.2, 0) is 16.6 Å². The normalized spacial score (nSPS) is 26.6. The Labute approximate surface area is 138 Å². The summed E-state index contributed by atoms with van der Waals surface area (Å²) in [5.41, 5.74) is 5.59. The van der Waals surface area contributed by atoms with Gasteiger partial charge in [0.25, 0.3) is 0 Å². The first-order chi connectivity index (χ1) is 11.1. The van der Waals surface area contributed by atoms with Crippen LogP contribution in [0.3, 0.4) is 0 Å². The molecule has 1 amide bonds. The van der Waals surface area contributed by atoms with Crippen molar-refractivity contribution in [1.29, 1.82) is 0 Å². The Balaban J connectivity index is 1.76. The highest BCUT2D eigenvalue weighted by atomic mass is 16.2. The number of rotatable bonds is 1. The van der Waals surface area contributed by atoms with E-state index in [4.69, 9.17) is 0 Å². The molecule has 0 radical (unpaired) electrons. The molecule has 4 rings (SSSR count). The molecule has 2 nitrogen and oxygen atoms in total. The minimum absolute atomic E-state index is 0.103. The molecular formula is C21H23NO. The third-order valence-electron chi connectivity index (χ3n) is 5.97. The quantitative estimate of drug-likeness (QED) is 0.774. The highest BCUT2D eigenvalue weighted by Gasteiger charge is 2.46. The largest absolute Gasteiger partial charge is 0.342 e. The summed E-state index contributed by atoms with van der Waals surface area (Å²) in [5.74, 6) is 0.303. The Morgan fingerprint density at radius 3 is 2.61 bits per heavy atom. The zero-order valence-electron chi connectivity index (χ0n) is 13.9. The van der Waals surface area contributed by atoms with Gasteiger partial charge in [0.2, 0.25) is 5.91 Å². The summed E-state index contributed by atoms with van der Waals surface area (Å²) in [4.78, 5) is 14.1. The molecule has 2 aromatic carbocycles. The number of benzene rings is 2. The molecule has 1 fully saturated rings. The number of hydrogen-bond donors (Lipinski definition) is 0. The summed E-state index contributed by atoms with van der Waals surface area (Å²) >= 11 is 0. The molecule has 0 saturated carbocycles. The lowest BCUT2D eigenvalue weighted by atomic mass is 9.63. The van der Waals surface area contributed by atoms with Gasteiger partial charge < -0.3 is 4.90 Å². The summed E-state index contributed by atoms with van der Waals surface area (Å²) in [6, 6.07) is 17.8. The number of carbonyl (C=O) groups excluding carboxylic acids is 1. The number of likely N-dealkylation sites (tertiary alicyclic amines) is 1. The number of aryl methyl sites for hydroxylation is 1. The van der Waals surface area contributed by atoms with Gasteiger partial charge in [-0.25, -0.2) is 0 Å². The van der Waals surface area contributed by atoms with Crippen molar-refractivity contribution < 1.29 is 4.79 Å². The number of carbonyl (C=O) groups is 1. The Morgan fingerprint density at radius 1 is 1.04 bits per heavy atom. The Kier molecular flexibility index (Phi) is 3.29. The summed E-state index contributed by atoms with van der Waals surface area (Å²) in [6.45, 7) is 2.35. The Morgan fingerprint density at radius 2 is 1.83 bits per heavy atom. The van der Waals surface area contributed by atoms with Crippen LogP contribution in [-0.4, -0.2) is 23.9 Å². The molecule has 2 heteroatoms. The number of hydrogen-bond acceptors (Lipinski definition) is 1. The van der Waals surface area contributed by atoms with Crippen molar-refractivity contribution in [2.75, 3.05) is 7.05 Å². The van der Waals surface area contributed by atoms with Gasteiger partial charge in [0.15, 0.2) is 0 Å². The van der Waals surface area contributed by atoms with Gasteiger partial charge in [0.05, 0.1) is 0 Å². The van der Waals surface area contributed by atoms with Crippen LogP contribution in [0.25, 0.3) is 11.1 Å². The first-order valence-electron chi connectivity index (χ1n) is 8.54. The molecular weight excluding hydrogens is 282 g/mol. The number of amides is 1. The molecule has 2 aliphatic rings. The van der Waals surface area contributed by atoms with Gasteiger partial charge in [-0.05, 0) is 41.5 Å². The summed E-state index contributed by atoms with van der Waals surface area (Å²) in [7, 11) is 1.98. The lowest BCUT2D eigenvalue weighted by Gasteiger charge is -2.50. The standard InChI is InChI=1S/C21H23NO/c1-21-13-12-20(23)22(2)19(21)11-9-17-14-16(8-10-18(17)21)15-6-4-3-5-7-15/h3-8,10,14,19H,9,11-13H2,1-2H3/t19?,21-/m1/s1. The van der Waals surface area contributed by atoms with Crippen LogP contribution >= 0.6 is 0 Å². The molecule has 0 N–H and O–H groups in total. The molecule has 1 aliphatic heterocycles. The lowest BCUT2D eigenvalue weighted by molar-refractivity contribution is -0.138. The zero-order valence-corrected chi connectivity index (χ0v) is 13.9. The molecule has 1 aliphatic carbocycles. The van der Waals surface area contributed by atoms with E-state index in [2.05, 4.69) is 55.5 Å².